The van der Waals surface area contributed by atoms with Crippen LogP contribution in [0.15, 0.2) is 48.5 Å². The highest BCUT2D eigenvalue weighted by Gasteiger charge is 2.06. The van der Waals surface area contributed by atoms with E-state index in [1.165, 1.54) is 13.2 Å². The molecule has 2 amide bonds. The second-order valence-corrected chi connectivity index (χ2v) is 5.78. The van der Waals surface area contributed by atoms with Crippen LogP contribution in [-0.2, 0) is 16.1 Å². The molecule has 6 nitrogen and oxygen atoms in total. The number of carbonyl (C=O) groups is 2. The minimum absolute atomic E-state index is 0.238. The van der Waals surface area contributed by atoms with Crippen molar-refractivity contribution in [1.29, 1.82) is 0 Å². The Balaban J connectivity index is 1.95. The standard InChI is InChI=1S/C19H19ClN2O4/c1-25-17-10-13(5-7-16(17)26-12-18(21)23)6-8-19(24)22-11-14-3-2-4-15(20)9-14/h2-10H,11-12H2,1H3,(H2,21,23)(H,22,24)/b8-6+. The number of hydrogen-bond donors (Lipinski definition) is 2. The van der Waals surface area contributed by atoms with E-state index in [-0.39, 0.29) is 12.5 Å². The van der Waals surface area contributed by atoms with E-state index in [2.05, 4.69) is 5.32 Å². The van der Waals surface area contributed by atoms with E-state index in [4.69, 9.17) is 26.8 Å². The maximum atomic E-state index is 11.9. The van der Waals surface area contributed by atoms with Gasteiger partial charge in [0.2, 0.25) is 5.91 Å². The number of halogens is 1. The van der Waals surface area contributed by atoms with Crippen molar-refractivity contribution < 1.29 is 19.1 Å². The molecule has 0 atom stereocenters. The minimum atomic E-state index is -0.576. The summed E-state index contributed by atoms with van der Waals surface area (Å²) in [6.07, 6.45) is 3.07. The first kappa shape index (κ1) is 19.3. The van der Waals surface area contributed by atoms with Crippen LogP contribution in [0.4, 0.5) is 0 Å². The van der Waals surface area contributed by atoms with Gasteiger partial charge in [-0.15, -0.1) is 0 Å². The van der Waals surface area contributed by atoms with Crippen LogP contribution in [0.2, 0.25) is 5.02 Å². The van der Waals surface area contributed by atoms with Crippen molar-refractivity contribution in [2.45, 2.75) is 6.54 Å². The molecule has 3 N–H and O–H groups in total. The van der Waals surface area contributed by atoms with E-state index in [1.54, 1.807) is 36.4 Å². The molecule has 0 aliphatic heterocycles. The summed E-state index contributed by atoms with van der Waals surface area (Å²) in [6, 6.07) is 12.3. The zero-order valence-corrected chi connectivity index (χ0v) is 15.0. The fourth-order valence-corrected chi connectivity index (χ4v) is 2.34. The van der Waals surface area contributed by atoms with E-state index in [9.17, 15) is 9.59 Å². The SMILES string of the molecule is COc1cc(/C=C/C(=O)NCc2cccc(Cl)c2)ccc1OCC(N)=O. The number of amides is 2. The molecule has 0 aromatic heterocycles. The van der Waals surface area contributed by atoms with E-state index in [1.807, 2.05) is 12.1 Å². The Morgan fingerprint density at radius 2 is 2.00 bits per heavy atom. The maximum Gasteiger partial charge on any atom is 0.255 e. The van der Waals surface area contributed by atoms with E-state index in [0.29, 0.717) is 23.1 Å². The average molecular weight is 375 g/mol. The predicted molar refractivity (Wildman–Crippen MR) is 100 cm³/mol. The summed E-state index contributed by atoms with van der Waals surface area (Å²) in [5, 5.41) is 3.40. The van der Waals surface area contributed by atoms with Crippen LogP contribution in [-0.4, -0.2) is 25.5 Å². The van der Waals surface area contributed by atoms with Crippen LogP contribution in [0, 0.1) is 0 Å². The lowest BCUT2D eigenvalue weighted by molar-refractivity contribution is -0.120. The third-order valence-electron chi connectivity index (χ3n) is 3.34. The highest BCUT2D eigenvalue weighted by atomic mass is 35.5. The first-order valence-electron chi connectivity index (χ1n) is 7.77. The molecule has 2 rings (SSSR count). The van der Waals surface area contributed by atoms with Gasteiger partial charge in [0, 0.05) is 17.6 Å². The van der Waals surface area contributed by atoms with Crippen molar-refractivity contribution in [3.63, 3.8) is 0 Å². The second kappa shape index (κ2) is 9.48. The molecule has 0 radical (unpaired) electrons. The van der Waals surface area contributed by atoms with Gasteiger partial charge in [-0.1, -0.05) is 29.8 Å². The second-order valence-electron chi connectivity index (χ2n) is 5.35. The van der Waals surface area contributed by atoms with Gasteiger partial charge in [0.05, 0.1) is 7.11 Å². The molecule has 0 heterocycles. The molecule has 2 aromatic rings. The number of carbonyl (C=O) groups excluding carboxylic acids is 2. The number of primary amides is 1. The van der Waals surface area contributed by atoms with Crippen molar-refractivity contribution in [3.8, 4) is 11.5 Å². The topological polar surface area (TPSA) is 90.7 Å². The molecule has 0 saturated carbocycles. The van der Waals surface area contributed by atoms with Crippen LogP contribution in [0.3, 0.4) is 0 Å². The van der Waals surface area contributed by atoms with Crippen LogP contribution in [0.5, 0.6) is 11.5 Å². The molecule has 0 spiro atoms. The first-order valence-corrected chi connectivity index (χ1v) is 8.15. The summed E-state index contributed by atoms with van der Waals surface area (Å²) in [6.45, 7) is 0.143. The van der Waals surface area contributed by atoms with Crippen LogP contribution < -0.4 is 20.5 Å². The summed E-state index contributed by atoms with van der Waals surface area (Å²) in [7, 11) is 1.48. The van der Waals surface area contributed by atoms with Gasteiger partial charge in [0.1, 0.15) is 0 Å². The average Bonchev–Trinajstić information content (AvgIpc) is 2.63. The number of hydrogen-bond acceptors (Lipinski definition) is 4. The molecule has 0 bridgehead atoms. The van der Waals surface area contributed by atoms with Crippen molar-refractivity contribution in [3.05, 3.63) is 64.7 Å². The number of nitrogens with two attached hydrogens (primary N) is 1. The van der Waals surface area contributed by atoms with Gasteiger partial charge < -0.3 is 20.5 Å². The van der Waals surface area contributed by atoms with E-state index in [0.717, 1.165) is 11.1 Å². The number of benzene rings is 2. The third-order valence-corrected chi connectivity index (χ3v) is 3.58. The van der Waals surface area contributed by atoms with Crippen molar-refractivity contribution in [1.82, 2.24) is 5.32 Å². The fourth-order valence-electron chi connectivity index (χ4n) is 2.12. The minimum Gasteiger partial charge on any atom is -0.493 e. The van der Waals surface area contributed by atoms with Gasteiger partial charge in [-0.3, -0.25) is 9.59 Å². The molecule has 26 heavy (non-hydrogen) atoms. The largest absolute Gasteiger partial charge is 0.493 e. The zero-order valence-electron chi connectivity index (χ0n) is 14.2. The van der Waals surface area contributed by atoms with Crippen LogP contribution >= 0.6 is 11.6 Å². The van der Waals surface area contributed by atoms with Gasteiger partial charge in [0.25, 0.3) is 5.91 Å². The van der Waals surface area contributed by atoms with Gasteiger partial charge in [0.15, 0.2) is 18.1 Å². The van der Waals surface area contributed by atoms with Gasteiger partial charge in [-0.05, 0) is 41.5 Å². The molecule has 0 aliphatic carbocycles. The van der Waals surface area contributed by atoms with E-state index >= 15 is 0 Å². The van der Waals surface area contributed by atoms with E-state index < -0.39 is 5.91 Å². The van der Waals surface area contributed by atoms with Gasteiger partial charge in [-0.25, -0.2) is 0 Å². The van der Waals surface area contributed by atoms with Crippen LogP contribution in [0.25, 0.3) is 6.08 Å². The van der Waals surface area contributed by atoms with Crippen molar-refractivity contribution >= 4 is 29.5 Å². The lowest BCUT2D eigenvalue weighted by atomic mass is 10.2. The Kier molecular flexibility index (Phi) is 7.05. The van der Waals surface area contributed by atoms with Gasteiger partial charge >= 0.3 is 0 Å². The molecule has 7 heteroatoms. The molecule has 0 fully saturated rings. The fraction of sp³-hybridized carbons (Fsp3) is 0.158. The Hall–Kier alpha value is -2.99. The molecular formula is C19H19ClN2O4. The molecule has 0 saturated heterocycles. The molecular weight excluding hydrogens is 356 g/mol. The van der Waals surface area contributed by atoms with Crippen molar-refractivity contribution in [2.75, 3.05) is 13.7 Å². The number of methoxy groups -OCH3 is 1. The normalized spacial score (nSPS) is 10.5. The van der Waals surface area contributed by atoms with Crippen molar-refractivity contribution in [2.24, 2.45) is 5.73 Å². The molecule has 136 valence electrons. The Bertz CT molecular complexity index is 821. The third kappa shape index (κ3) is 6.14. The summed E-state index contributed by atoms with van der Waals surface area (Å²) in [5.41, 5.74) is 6.71. The maximum absolute atomic E-state index is 11.9. The monoisotopic (exact) mass is 374 g/mol. The Morgan fingerprint density at radius 1 is 1.19 bits per heavy atom. The first-order chi connectivity index (χ1) is 12.5. The zero-order chi connectivity index (χ0) is 18.9. The quantitative estimate of drug-likeness (QED) is 0.695. The van der Waals surface area contributed by atoms with Crippen LogP contribution in [0.1, 0.15) is 11.1 Å². The summed E-state index contributed by atoms with van der Waals surface area (Å²) in [4.78, 5) is 22.7. The summed E-state index contributed by atoms with van der Waals surface area (Å²) >= 11 is 5.91. The number of rotatable bonds is 8. The lowest BCUT2D eigenvalue weighted by Crippen LogP contribution is -2.20. The van der Waals surface area contributed by atoms with Gasteiger partial charge in [-0.2, -0.15) is 0 Å². The Morgan fingerprint density at radius 3 is 2.69 bits per heavy atom. The summed E-state index contributed by atoms with van der Waals surface area (Å²) < 4.78 is 10.5. The highest BCUT2D eigenvalue weighted by molar-refractivity contribution is 6.30. The molecule has 2 aromatic carbocycles. The number of ether oxygens (including phenoxy) is 2. The predicted octanol–water partition coefficient (Wildman–Crippen LogP) is 2.54. The highest BCUT2D eigenvalue weighted by Crippen LogP contribution is 2.28. The number of nitrogens with one attached hydrogen (secondary N) is 1. The molecule has 0 aliphatic rings. The molecule has 0 unspecified atom stereocenters. The summed E-state index contributed by atoms with van der Waals surface area (Å²) in [5.74, 6) is 0.0204. The smallest absolute Gasteiger partial charge is 0.255 e. The lowest BCUT2D eigenvalue weighted by Gasteiger charge is -2.10. The Labute approximate surface area is 156 Å².